The van der Waals surface area contributed by atoms with Gasteiger partial charge in [-0.25, -0.2) is 8.42 Å². The number of nitrogens with one attached hydrogen (secondary N) is 2. The van der Waals surface area contributed by atoms with Crippen LogP contribution in [0.25, 0.3) is 0 Å². The molecule has 0 aliphatic rings. The van der Waals surface area contributed by atoms with E-state index in [0.717, 1.165) is 17.4 Å². The Morgan fingerprint density at radius 2 is 1.75 bits per heavy atom. The molecule has 0 spiro atoms. The molecule has 0 aliphatic carbocycles. The Hall–Kier alpha value is -2.38. The minimum Gasteiger partial charge on any atom is -0.380 e. The maximum atomic E-state index is 12.2. The normalized spacial score (nSPS) is 11.1. The van der Waals surface area contributed by atoms with E-state index >= 15 is 0 Å². The van der Waals surface area contributed by atoms with E-state index in [1.165, 1.54) is 0 Å². The Labute approximate surface area is 141 Å². The van der Waals surface area contributed by atoms with Crippen LogP contribution in [-0.4, -0.2) is 27.7 Å². The second kappa shape index (κ2) is 7.94. The Kier molecular flexibility index (Phi) is 5.94. The van der Waals surface area contributed by atoms with E-state index in [1.54, 1.807) is 31.4 Å². The number of amides is 1. The summed E-state index contributed by atoms with van der Waals surface area (Å²) in [4.78, 5) is 12.2. The van der Waals surface area contributed by atoms with Crippen molar-refractivity contribution in [2.75, 3.05) is 18.1 Å². The zero-order valence-electron chi connectivity index (χ0n) is 13.6. The fraction of sp³-hybridized carbons (Fsp3) is 0.235. The van der Waals surface area contributed by atoms with Gasteiger partial charge in [0.2, 0.25) is 10.0 Å². The quantitative estimate of drug-likeness (QED) is 0.803. The Bertz CT molecular complexity index is 802. The zero-order valence-corrected chi connectivity index (χ0v) is 14.4. The van der Waals surface area contributed by atoms with E-state index in [4.69, 9.17) is 4.74 Å². The van der Waals surface area contributed by atoms with E-state index in [0.29, 0.717) is 24.4 Å². The zero-order chi connectivity index (χ0) is 17.6. The molecule has 0 heterocycles. The molecule has 0 aliphatic heterocycles. The summed E-state index contributed by atoms with van der Waals surface area (Å²) in [7, 11) is -1.69. The summed E-state index contributed by atoms with van der Waals surface area (Å²) in [5.74, 6) is -0.224. The van der Waals surface area contributed by atoms with Crippen molar-refractivity contribution >= 4 is 21.6 Å². The number of ether oxygens (including phenoxy) is 1. The molecule has 2 N–H and O–H groups in total. The number of anilines is 1. The van der Waals surface area contributed by atoms with E-state index in [-0.39, 0.29) is 5.91 Å². The monoisotopic (exact) mass is 348 g/mol. The summed E-state index contributed by atoms with van der Waals surface area (Å²) < 4.78 is 29.7. The van der Waals surface area contributed by atoms with E-state index in [1.807, 2.05) is 24.3 Å². The van der Waals surface area contributed by atoms with Crippen LogP contribution in [0.2, 0.25) is 0 Å². The first-order valence-electron chi connectivity index (χ1n) is 7.30. The van der Waals surface area contributed by atoms with Crippen molar-refractivity contribution in [1.29, 1.82) is 0 Å². The third-order valence-corrected chi connectivity index (χ3v) is 3.81. The highest BCUT2D eigenvalue weighted by Crippen LogP contribution is 2.11. The van der Waals surface area contributed by atoms with Gasteiger partial charge in [0, 0.05) is 24.9 Å². The number of benzene rings is 2. The standard InChI is InChI=1S/C17H20N2O4S/c1-23-12-14-5-3-4-13(10-14)11-18-17(20)15-6-8-16(9-7-15)19-24(2,21)22/h3-10,19H,11-12H2,1-2H3,(H,18,20). The number of methoxy groups -OCH3 is 1. The highest BCUT2D eigenvalue weighted by atomic mass is 32.2. The summed E-state index contributed by atoms with van der Waals surface area (Å²) >= 11 is 0. The average molecular weight is 348 g/mol. The van der Waals surface area contributed by atoms with Gasteiger partial charge < -0.3 is 10.1 Å². The van der Waals surface area contributed by atoms with Crippen LogP contribution in [0.15, 0.2) is 48.5 Å². The van der Waals surface area contributed by atoms with Crippen LogP contribution in [0.1, 0.15) is 21.5 Å². The molecule has 0 bridgehead atoms. The smallest absolute Gasteiger partial charge is 0.251 e. The summed E-state index contributed by atoms with van der Waals surface area (Å²) in [6.45, 7) is 0.927. The molecule has 128 valence electrons. The second-order valence-electron chi connectivity index (χ2n) is 5.39. The van der Waals surface area contributed by atoms with E-state index in [2.05, 4.69) is 10.0 Å². The van der Waals surface area contributed by atoms with Crippen molar-refractivity contribution in [1.82, 2.24) is 5.32 Å². The van der Waals surface area contributed by atoms with Crippen molar-refractivity contribution in [3.63, 3.8) is 0 Å². The third kappa shape index (κ3) is 5.68. The van der Waals surface area contributed by atoms with Crippen molar-refractivity contribution in [2.24, 2.45) is 0 Å². The van der Waals surface area contributed by atoms with Gasteiger partial charge in [-0.1, -0.05) is 24.3 Å². The first-order chi connectivity index (χ1) is 11.4. The highest BCUT2D eigenvalue weighted by Gasteiger charge is 2.07. The van der Waals surface area contributed by atoms with Gasteiger partial charge in [-0.05, 0) is 35.4 Å². The summed E-state index contributed by atoms with van der Waals surface area (Å²) in [6, 6.07) is 14.0. The summed E-state index contributed by atoms with van der Waals surface area (Å²) in [6.07, 6.45) is 1.07. The molecule has 0 radical (unpaired) electrons. The molecule has 7 heteroatoms. The molecule has 2 aromatic rings. The minimum atomic E-state index is -3.33. The molecule has 2 rings (SSSR count). The highest BCUT2D eigenvalue weighted by molar-refractivity contribution is 7.92. The number of rotatable bonds is 7. The number of carbonyl (C=O) groups excluding carboxylic acids is 1. The largest absolute Gasteiger partial charge is 0.380 e. The summed E-state index contributed by atoms with van der Waals surface area (Å²) in [5.41, 5.74) is 2.90. The van der Waals surface area contributed by atoms with Crippen molar-refractivity contribution < 1.29 is 17.9 Å². The van der Waals surface area contributed by atoms with Gasteiger partial charge in [0.05, 0.1) is 12.9 Å². The number of sulfonamides is 1. The fourth-order valence-corrected chi connectivity index (χ4v) is 2.75. The number of hydrogen-bond donors (Lipinski definition) is 2. The van der Waals surface area contributed by atoms with Gasteiger partial charge in [0.25, 0.3) is 5.91 Å². The maximum Gasteiger partial charge on any atom is 0.251 e. The lowest BCUT2D eigenvalue weighted by Crippen LogP contribution is -2.22. The van der Waals surface area contributed by atoms with Gasteiger partial charge in [0.15, 0.2) is 0 Å². The van der Waals surface area contributed by atoms with E-state index in [9.17, 15) is 13.2 Å². The van der Waals surface area contributed by atoms with Crippen LogP contribution in [0, 0.1) is 0 Å². The van der Waals surface area contributed by atoms with Gasteiger partial charge in [-0.15, -0.1) is 0 Å². The third-order valence-electron chi connectivity index (χ3n) is 3.21. The minimum absolute atomic E-state index is 0.224. The van der Waals surface area contributed by atoms with Gasteiger partial charge in [-0.3, -0.25) is 9.52 Å². The molecule has 0 aromatic heterocycles. The predicted molar refractivity (Wildman–Crippen MR) is 93.2 cm³/mol. The van der Waals surface area contributed by atoms with Crippen LogP contribution in [-0.2, 0) is 27.9 Å². The molecular weight excluding hydrogens is 328 g/mol. The first kappa shape index (κ1) is 18.0. The fourth-order valence-electron chi connectivity index (χ4n) is 2.18. The Balaban J connectivity index is 1.96. The maximum absolute atomic E-state index is 12.2. The lowest BCUT2D eigenvalue weighted by atomic mass is 10.1. The van der Waals surface area contributed by atoms with Crippen molar-refractivity contribution in [3.8, 4) is 0 Å². The second-order valence-corrected chi connectivity index (χ2v) is 7.14. The van der Waals surface area contributed by atoms with Crippen LogP contribution in [0.5, 0.6) is 0 Å². The lowest BCUT2D eigenvalue weighted by Gasteiger charge is -2.08. The molecule has 0 saturated carbocycles. The lowest BCUT2D eigenvalue weighted by molar-refractivity contribution is 0.0951. The summed E-state index contributed by atoms with van der Waals surface area (Å²) in [5, 5.41) is 2.83. The SMILES string of the molecule is COCc1cccc(CNC(=O)c2ccc(NS(C)(=O)=O)cc2)c1. The van der Waals surface area contributed by atoms with Crippen molar-refractivity contribution in [2.45, 2.75) is 13.2 Å². The molecule has 24 heavy (non-hydrogen) atoms. The van der Waals surface area contributed by atoms with Crippen molar-refractivity contribution in [3.05, 3.63) is 65.2 Å². The molecule has 6 nitrogen and oxygen atoms in total. The first-order valence-corrected chi connectivity index (χ1v) is 9.19. The van der Waals surface area contributed by atoms with Crippen LogP contribution in [0.4, 0.5) is 5.69 Å². The van der Waals surface area contributed by atoms with Gasteiger partial charge in [0.1, 0.15) is 0 Å². The number of carbonyl (C=O) groups is 1. The molecule has 2 aromatic carbocycles. The Morgan fingerprint density at radius 1 is 1.08 bits per heavy atom. The topological polar surface area (TPSA) is 84.5 Å². The molecule has 0 unspecified atom stereocenters. The Morgan fingerprint density at radius 3 is 2.38 bits per heavy atom. The average Bonchev–Trinajstić information content (AvgIpc) is 2.52. The predicted octanol–water partition coefficient (Wildman–Crippen LogP) is 2.13. The van der Waals surface area contributed by atoms with Gasteiger partial charge >= 0.3 is 0 Å². The number of hydrogen-bond acceptors (Lipinski definition) is 4. The van der Waals surface area contributed by atoms with Crippen LogP contribution in [0.3, 0.4) is 0 Å². The molecule has 1 amide bonds. The molecule has 0 atom stereocenters. The van der Waals surface area contributed by atoms with Crippen LogP contribution < -0.4 is 10.0 Å². The van der Waals surface area contributed by atoms with E-state index < -0.39 is 10.0 Å². The molecule has 0 saturated heterocycles. The van der Waals surface area contributed by atoms with Gasteiger partial charge in [-0.2, -0.15) is 0 Å². The molecule has 0 fully saturated rings. The van der Waals surface area contributed by atoms with Crippen LogP contribution >= 0.6 is 0 Å². The molecular formula is C17H20N2O4S.